The van der Waals surface area contributed by atoms with E-state index in [2.05, 4.69) is 22.4 Å². The van der Waals surface area contributed by atoms with E-state index in [1.165, 1.54) is 24.0 Å². The summed E-state index contributed by atoms with van der Waals surface area (Å²) in [5.74, 6) is -0.583. The van der Waals surface area contributed by atoms with E-state index in [0.29, 0.717) is 16.3 Å². The topological polar surface area (TPSA) is 68.3 Å². The van der Waals surface area contributed by atoms with Gasteiger partial charge in [0.1, 0.15) is 0 Å². The number of benzene rings is 3. The van der Waals surface area contributed by atoms with Crippen LogP contribution >= 0.6 is 11.3 Å². The molecule has 6 heteroatoms. The molecule has 0 saturated heterocycles. The van der Waals surface area contributed by atoms with Crippen LogP contribution in [0.1, 0.15) is 31.8 Å². The molecule has 154 valence electrons. The van der Waals surface area contributed by atoms with Crippen molar-refractivity contribution in [2.45, 2.75) is 6.42 Å². The molecule has 5 nitrogen and oxygen atoms in total. The lowest BCUT2D eigenvalue weighted by Crippen LogP contribution is -2.11. The van der Waals surface area contributed by atoms with Crippen molar-refractivity contribution in [2.75, 3.05) is 12.4 Å². The largest absolute Gasteiger partial charge is 0.465 e. The molecule has 0 atom stereocenters. The van der Waals surface area contributed by atoms with Crippen molar-refractivity contribution in [3.05, 3.63) is 106 Å². The Labute approximate surface area is 184 Å². The van der Waals surface area contributed by atoms with Gasteiger partial charge in [-0.15, -0.1) is 11.3 Å². The molecule has 31 heavy (non-hydrogen) atoms. The molecule has 0 spiro atoms. The first-order valence-corrected chi connectivity index (χ1v) is 10.6. The number of hydrogen-bond acceptors (Lipinski definition) is 5. The van der Waals surface area contributed by atoms with Crippen molar-refractivity contribution >= 4 is 28.3 Å². The molecule has 0 bridgehead atoms. The number of aromatic nitrogens is 1. The highest BCUT2D eigenvalue weighted by Crippen LogP contribution is 2.25. The second-order valence-electron chi connectivity index (χ2n) is 6.92. The van der Waals surface area contributed by atoms with Gasteiger partial charge in [-0.25, -0.2) is 9.78 Å². The van der Waals surface area contributed by atoms with Gasteiger partial charge in [-0.3, -0.25) is 10.1 Å². The summed E-state index contributed by atoms with van der Waals surface area (Å²) in [6.45, 7) is 0. The van der Waals surface area contributed by atoms with E-state index in [1.54, 1.807) is 24.3 Å². The highest BCUT2D eigenvalue weighted by atomic mass is 32.1. The van der Waals surface area contributed by atoms with Crippen molar-refractivity contribution in [2.24, 2.45) is 0 Å². The highest BCUT2D eigenvalue weighted by Gasteiger charge is 2.11. The Morgan fingerprint density at radius 3 is 2.19 bits per heavy atom. The number of nitrogens with one attached hydrogen (secondary N) is 1. The van der Waals surface area contributed by atoms with E-state index in [9.17, 15) is 9.59 Å². The lowest BCUT2D eigenvalue weighted by Gasteiger charge is -2.05. The number of carbonyl (C=O) groups is 2. The zero-order valence-electron chi connectivity index (χ0n) is 16.9. The van der Waals surface area contributed by atoms with Gasteiger partial charge < -0.3 is 4.74 Å². The predicted octanol–water partition coefficient (Wildman–Crippen LogP) is 5.44. The lowest BCUT2D eigenvalue weighted by molar-refractivity contribution is 0.0600. The summed E-state index contributed by atoms with van der Waals surface area (Å²) in [5, 5.41) is 5.24. The molecular weight excluding hydrogens is 408 g/mol. The van der Waals surface area contributed by atoms with Gasteiger partial charge in [0.15, 0.2) is 5.13 Å². The highest BCUT2D eigenvalue weighted by molar-refractivity contribution is 7.14. The quantitative estimate of drug-likeness (QED) is 0.415. The average Bonchev–Trinajstić information content (AvgIpc) is 3.28. The van der Waals surface area contributed by atoms with Crippen LogP contribution in [0.15, 0.2) is 84.2 Å². The third-order valence-electron chi connectivity index (χ3n) is 4.79. The molecule has 0 unspecified atom stereocenters. The van der Waals surface area contributed by atoms with Gasteiger partial charge in [-0.2, -0.15) is 0 Å². The molecule has 1 heterocycles. The zero-order chi connectivity index (χ0) is 21.6. The second-order valence-corrected chi connectivity index (χ2v) is 7.78. The third-order valence-corrected chi connectivity index (χ3v) is 5.55. The van der Waals surface area contributed by atoms with Crippen LogP contribution in [0.3, 0.4) is 0 Å². The smallest absolute Gasteiger partial charge is 0.337 e. The molecular formula is C25H20N2O3S. The lowest BCUT2D eigenvalue weighted by atomic mass is 10.0. The number of methoxy groups -OCH3 is 1. The number of ether oxygens (including phenoxy) is 1. The van der Waals surface area contributed by atoms with Gasteiger partial charge in [0.25, 0.3) is 5.91 Å². The van der Waals surface area contributed by atoms with Gasteiger partial charge >= 0.3 is 5.97 Å². The standard InChI is InChI=1S/C25H20N2O3S/c1-30-24(29)21-13-11-19(12-14-21)22-16-31-25(26-22)27-23(28)20-9-7-18(8-10-20)15-17-5-3-2-4-6-17/h2-14,16H,15H2,1H3,(H,26,27,28). The molecule has 0 aliphatic rings. The number of amides is 1. The number of carbonyl (C=O) groups excluding carboxylic acids is 2. The van der Waals surface area contributed by atoms with Crippen molar-refractivity contribution in [1.29, 1.82) is 0 Å². The van der Waals surface area contributed by atoms with Crippen LogP contribution in [0.5, 0.6) is 0 Å². The maximum Gasteiger partial charge on any atom is 0.337 e. The summed E-state index contributed by atoms with van der Waals surface area (Å²) >= 11 is 1.35. The van der Waals surface area contributed by atoms with Crippen molar-refractivity contribution in [3.63, 3.8) is 0 Å². The number of rotatable bonds is 6. The molecule has 0 saturated carbocycles. The van der Waals surface area contributed by atoms with Crippen LogP contribution in [0.4, 0.5) is 5.13 Å². The summed E-state index contributed by atoms with van der Waals surface area (Å²) < 4.78 is 4.71. The first-order chi connectivity index (χ1) is 15.1. The average molecular weight is 429 g/mol. The number of nitrogens with zero attached hydrogens (tertiary/aromatic N) is 1. The molecule has 1 amide bonds. The minimum Gasteiger partial charge on any atom is -0.465 e. The number of hydrogen-bond donors (Lipinski definition) is 1. The molecule has 1 N–H and O–H groups in total. The van der Waals surface area contributed by atoms with Crippen LogP contribution in [0.2, 0.25) is 0 Å². The molecule has 4 rings (SSSR count). The van der Waals surface area contributed by atoms with Crippen LogP contribution in [-0.2, 0) is 11.2 Å². The molecule has 1 aromatic heterocycles. The first kappa shape index (κ1) is 20.5. The summed E-state index contributed by atoms with van der Waals surface area (Å²) in [5.41, 5.74) is 5.02. The van der Waals surface area contributed by atoms with Crippen LogP contribution in [0.25, 0.3) is 11.3 Å². The van der Waals surface area contributed by atoms with Crippen molar-refractivity contribution in [1.82, 2.24) is 4.98 Å². The van der Waals surface area contributed by atoms with Gasteiger partial charge in [0, 0.05) is 16.5 Å². The Kier molecular flexibility index (Phi) is 6.19. The van der Waals surface area contributed by atoms with E-state index in [0.717, 1.165) is 23.2 Å². The van der Waals surface area contributed by atoms with Crippen LogP contribution in [0, 0.1) is 0 Å². The van der Waals surface area contributed by atoms with Gasteiger partial charge in [-0.1, -0.05) is 54.6 Å². The fraction of sp³-hybridized carbons (Fsp3) is 0.0800. The van der Waals surface area contributed by atoms with E-state index in [-0.39, 0.29) is 11.9 Å². The summed E-state index contributed by atoms with van der Waals surface area (Å²) in [7, 11) is 1.35. The van der Waals surface area contributed by atoms with E-state index in [1.807, 2.05) is 47.8 Å². The molecule has 0 fully saturated rings. The minimum atomic E-state index is -0.382. The number of anilines is 1. The van der Waals surface area contributed by atoms with E-state index >= 15 is 0 Å². The van der Waals surface area contributed by atoms with E-state index in [4.69, 9.17) is 4.74 Å². The van der Waals surface area contributed by atoms with Gasteiger partial charge in [0.05, 0.1) is 18.4 Å². The summed E-state index contributed by atoms with van der Waals surface area (Å²) in [6, 6.07) is 24.8. The molecule has 0 aliphatic heterocycles. The number of esters is 1. The van der Waals surface area contributed by atoms with Gasteiger partial charge in [0.2, 0.25) is 0 Å². The molecule has 0 aliphatic carbocycles. The maximum atomic E-state index is 12.6. The molecule has 4 aromatic rings. The van der Waals surface area contributed by atoms with Crippen LogP contribution < -0.4 is 5.32 Å². The Morgan fingerprint density at radius 2 is 1.52 bits per heavy atom. The first-order valence-electron chi connectivity index (χ1n) is 9.71. The molecule has 0 radical (unpaired) electrons. The van der Waals surface area contributed by atoms with Gasteiger partial charge in [-0.05, 0) is 41.8 Å². The van der Waals surface area contributed by atoms with Crippen molar-refractivity contribution < 1.29 is 14.3 Å². The molecule has 3 aromatic carbocycles. The fourth-order valence-electron chi connectivity index (χ4n) is 3.13. The number of thiazole rings is 1. The van der Waals surface area contributed by atoms with Crippen LogP contribution in [-0.4, -0.2) is 24.0 Å². The monoisotopic (exact) mass is 428 g/mol. The zero-order valence-corrected chi connectivity index (χ0v) is 17.7. The van der Waals surface area contributed by atoms with Crippen molar-refractivity contribution in [3.8, 4) is 11.3 Å². The second kappa shape index (κ2) is 9.36. The maximum absolute atomic E-state index is 12.6. The Morgan fingerprint density at radius 1 is 0.871 bits per heavy atom. The Bertz CT molecular complexity index is 1180. The predicted molar refractivity (Wildman–Crippen MR) is 123 cm³/mol. The minimum absolute atomic E-state index is 0.201. The normalized spacial score (nSPS) is 10.5. The fourth-order valence-corrected chi connectivity index (χ4v) is 3.85. The summed E-state index contributed by atoms with van der Waals surface area (Å²) in [4.78, 5) is 28.6. The summed E-state index contributed by atoms with van der Waals surface area (Å²) in [6.07, 6.45) is 0.827. The SMILES string of the molecule is COC(=O)c1ccc(-c2csc(NC(=O)c3ccc(Cc4ccccc4)cc3)n2)cc1. The Hall–Kier alpha value is -3.77. The Balaban J connectivity index is 1.40. The van der Waals surface area contributed by atoms with E-state index < -0.39 is 0 Å². The third kappa shape index (κ3) is 5.05.